The summed E-state index contributed by atoms with van der Waals surface area (Å²) < 4.78 is 48.2. The smallest absolute Gasteiger partial charge is 0.389 e. The Labute approximate surface area is 138 Å². The lowest BCUT2D eigenvalue weighted by Crippen LogP contribution is -2.25. The molecule has 7 nitrogen and oxygen atoms in total. The van der Waals surface area contributed by atoms with E-state index in [0.717, 1.165) is 0 Å². The topological polar surface area (TPSA) is 99.0 Å². The van der Waals surface area contributed by atoms with Gasteiger partial charge in [0.15, 0.2) is 0 Å². The van der Waals surface area contributed by atoms with Gasteiger partial charge in [-0.3, -0.25) is 5.41 Å². The zero-order valence-corrected chi connectivity index (χ0v) is 13.8. The minimum Gasteiger partial charge on any atom is -0.473 e. The van der Waals surface area contributed by atoms with E-state index in [1.807, 2.05) is 13.8 Å². The molecule has 0 spiro atoms. The molecule has 0 saturated heterocycles. The van der Waals surface area contributed by atoms with Gasteiger partial charge >= 0.3 is 6.18 Å². The van der Waals surface area contributed by atoms with Gasteiger partial charge in [0.1, 0.15) is 12.9 Å². The van der Waals surface area contributed by atoms with Crippen LogP contribution in [0.3, 0.4) is 0 Å². The highest BCUT2D eigenvalue weighted by Crippen LogP contribution is 2.22. The van der Waals surface area contributed by atoms with Gasteiger partial charge in [0.05, 0.1) is 6.61 Å². The predicted octanol–water partition coefficient (Wildman–Crippen LogP) is 2.28. The zero-order valence-electron chi connectivity index (χ0n) is 13.8. The Morgan fingerprint density at radius 3 is 2.62 bits per heavy atom. The van der Waals surface area contributed by atoms with Crippen LogP contribution in [0.4, 0.5) is 13.2 Å². The number of nitrogens with two attached hydrogens (primary N) is 1. The molecule has 3 N–H and O–H groups in total. The average molecular weight is 351 g/mol. The lowest BCUT2D eigenvalue weighted by molar-refractivity contribution is -0.136. The van der Waals surface area contributed by atoms with Crippen molar-refractivity contribution < 1.29 is 22.6 Å². The molecule has 1 atom stereocenters. The Hall–Kier alpha value is -1.68. The van der Waals surface area contributed by atoms with Crippen LogP contribution >= 0.6 is 0 Å². The van der Waals surface area contributed by atoms with E-state index in [9.17, 15) is 13.2 Å². The molecule has 0 aliphatic heterocycles. The van der Waals surface area contributed by atoms with Crippen LogP contribution in [0.1, 0.15) is 45.0 Å². The van der Waals surface area contributed by atoms with Crippen molar-refractivity contribution in [2.75, 3.05) is 19.8 Å². The van der Waals surface area contributed by atoms with Crippen LogP contribution in [0, 0.1) is 5.41 Å². The normalized spacial score (nSPS) is 13.3. The van der Waals surface area contributed by atoms with E-state index < -0.39 is 18.6 Å². The van der Waals surface area contributed by atoms with Crippen molar-refractivity contribution >= 4 is 5.90 Å². The highest BCUT2D eigenvalue weighted by molar-refractivity contribution is 5.87. The van der Waals surface area contributed by atoms with Crippen molar-refractivity contribution in [3.05, 3.63) is 12.2 Å². The number of alkyl halides is 3. The van der Waals surface area contributed by atoms with Gasteiger partial charge in [-0.05, 0) is 26.7 Å². The number of hydrogen-bond donors (Lipinski definition) is 2. The molecule has 1 aromatic heterocycles. The largest absolute Gasteiger partial charge is 0.473 e. The van der Waals surface area contributed by atoms with E-state index in [4.69, 9.17) is 20.6 Å². The third-order valence-corrected chi connectivity index (χ3v) is 3.17. The lowest BCUT2D eigenvalue weighted by atomic mass is 10.1. The molecule has 1 heterocycles. The minimum atomic E-state index is -4.18. The number of nitrogens with zero attached hydrogens (tertiary/aromatic N) is 3. The van der Waals surface area contributed by atoms with Crippen LogP contribution in [0.25, 0.3) is 0 Å². The third kappa shape index (κ3) is 7.73. The summed E-state index contributed by atoms with van der Waals surface area (Å²) >= 11 is 0. The molecule has 1 unspecified atom stereocenters. The Morgan fingerprint density at radius 2 is 2.00 bits per heavy atom. The minimum absolute atomic E-state index is 0.0564. The molecule has 0 saturated carbocycles. The summed E-state index contributed by atoms with van der Waals surface area (Å²) in [7, 11) is 0. The highest BCUT2D eigenvalue weighted by Gasteiger charge is 2.27. The number of aromatic nitrogens is 3. The molecule has 0 aliphatic carbocycles. The molecule has 0 amide bonds. The van der Waals surface area contributed by atoms with Crippen molar-refractivity contribution in [2.45, 2.75) is 51.4 Å². The van der Waals surface area contributed by atoms with E-state index in [1.165, 1.54) is 6.33 Å². The highest BCUT2D eigenvalue weighted by atomic mass is 19.4. The second-order valence-electron chi connectivity index (χ2n) is 5.61. The molecule has 0 aliphatic rings. The fourth-order valence-corrected chi connectivity index (χ4v) is 1.89. The van der Waals surface area contributed by atoms with Crippen molar-refractivity contribution in [1.29, 1.82) is 5.41 Å². The predicted molar refractivity (Wildman–Crippen MR) is 81.9 cm³/mol. The van der Waals surface area contributed by atoms with E-state index in [0.29, 0.717) is 12.2 Å². The first kappa shape index (κ1) is 20.4. The summed E-state index contributed by atoms with van der Waals surface area (Å²) in [5.41, 5.74) is 5.59. The lowest BCUT2D eigenvalue weighted by Gasteiger charge is -2.13. The van der Waals surface area contributed by atoms with Crippen molar-refractivity contribution in [3.8, 4) is 0 Å². The van der Waals surface area contributed by atoms with E-state index in [1.54, 1.807) is 4.68 Å². The van der Waals surface area contributed by atoms with Crippen LogP contribution in [-0.4, -0.2) is 52.7 Å². The quantitative estimate of drug-likeness (QED) is 0.383. The molecule has 0 radical (unpaired) electrons. The summed E-state index contributed by atoms with van der Waals surface area (Å²) in [5.74, 6) is 0.228. The molecule has 0 bridgehead atoms. The van der Waals surface area contributed by atoms with Gasteiger partial charge in [0.25, 0.3) is 5.90 Å². The van der Waals surface area contributed by atoms with E-state index in [-0.39, 0.29) is 38.2 Å². The third-order valence-electron chi connectivity index (χ3n) is 3.17. The second kappa shape index (κ2) is 9.58. The van der Waals surface area contributed by atoms with Gasteiger partial charge in [0.2, 0.25) is 5.82 Å². The molecule has 10 heteroatoms. The fraction of sp³-hybridized carbons (Fsp3) is 0.786. The van der Waals surface area contributed by atoms with Crippen LogP contribution in [0.15, 0.2) is 6.33 Å². The average Bonchev–Trinajstić information content (AvgIpc) is 2.97. The standard InChI is InChI=1S/C14H24F3N5O2/c1-10(2)22-13(20-9-21-22)12(19)24-8-7-23-6-4-11(18)3-5-14(15,16)17/h9-11,19H,3-8,18H2,1-2H3. The maximum absolute atomic E-state index is 12.0. The molecular weight excluding hydrogens is 327 g/mol. The van der Waals surface area contributed by atoms with Crippen LogP contribution in [-0.2, 0) is 9.47 Å². The van der Waals surface area contributed by atoms with Gasteiger partial charge < -0.3 is 15.2 Å². The van der Waals surface area contributed by atoms with Gasteiger partial charge in [-0.25, -0.2) is 9.67 Å². The summed E-state index contributed by atoms with van der Waals surface area (Å²) in [6.07, 6.45) is -3.48. The van der Waals surface area contributed by atoms with Crippen molar-refractivity contribution in [3.63, 3.8) is 0 Å². The SMILES string of the molecule is CC(C)n1ncnc1C(=N)OCCOCCC(N)CCC(F)(F)F. The van der Waals surface area contributed by atoms with Gasteiger partial charge in [-0.1, -0.05) is 0 Å². The van der Waals surface area contributed by atoms with Crippen molar-refractivity contribution in [2.24, 2.45) is 5.73 Å². The van der Waals surface area contributed by atoms with Crippen LogP contribution < -0.4 is 5.73 Å². The molecular formula is C14H24F3N5O2. The Morgan fingerprint density at radius 1 is 1.29 bits per heavy atom. The summed E-state index contributed by atoms with van der Waals surface area (Å²) in [6.45, 7) is 4.43. The van der Waals surface area contributed by atoms with Crippen LogP contribution in [0.5, 0.6) is 0 Å². The Balaban J connectivity index is 2.14. The molecule has 24 heavy (non-hydrogen) atoms. The Bertz CT molecular complexity index is 505. The monoisotopic (exact) mass is 351 g/mol. The molecule has 1 rings (SSSR count). The number of nitrogens with one attached hydrogen (secondary N) is 1. The van der Waals surface area contributed by atoms with Gasteiger partial charge in [-0.2, -0.15) is 18.3 Å². The maximum atomic E-state index is 12.0. The zero-order chi connectivity index (χ0) is 18.2. The molecule has 0 fully saturated rings. The first-order chi connectivity index (χ1) is 11.2. The Kier molecular flexibility index (Phi) is 8.13. The number of hydrogen-bond acceptors (Lipinski definition) is 6. The summed E-state index contributed by atoms with van der Waals surface area (Å²) in [5, 5.41) is 11.8. The van der Waals surface area contributed by atoms with E-state index >= 15 is 0 Å². The number of rotatable bonds is 10. The maximum Gasteiger partial charge on any atom is 0.389 e. The summed E-state index contributed by atoms with van der Waals surface area (Å²) in [6, 6.07) is -0.490. The number of halogens is 3. The van der Waals surface area contributed by atoms with E-state index in [2.05, 4.69) is 10.1 Å². The van der Waals surface area contributed by atoms with Gasteiger partial charge in [0, 0.05) is 25.1 Å². The first-order valence-electron chi connectivity index (χ1n) is 7.72. The van der Waals surface area contributed by atoms with Gasteiger partial charge in [-0.15, -0.1) is 0 Å². The van der Waals surface area contributed by atoms with Crippen LogP contribution in [0.2, 0.25) is 0 Å². The molecule has 138 valence electrons. The second-order valence-corrected chi connectivity index (χ2v) is 5.61. The van der Waals surface area contributed by atoms with Crippen molar-refractivity contribution in [1.82, 2.24) is 14.8 Å². The summed E-state index contributed by atoms with van der Waals surface area (Å²) in [4.78, 5) is 3.97. The number of ether oxygens (including phenoxy) is 2. The fourth-order valence-electron chi connectivity index (χ4n) is 1.89. The molecule has 1 aromatic rings. The molecule has 0 aromatic carbocycles. The first-order valence-corrected chi connectivity index (χ1v) is 7.72.